The second-order valence-electron chi connectivity index (χ2n) is 4.05. The summed E-state index contributed by atoms with van der Waals surface area (Å²) in [6.07, 6.45) is 0. The van der Waals surface area contributed by atoms with E-state index in [0.717, 1.165) is 30.2 Å². The van der Waals surface area contributed by atoms with Crippen LogP contribution in [0.25, 0.3) is 0 Å². The van der Waals surface area contributed by atoms with E-state index in [4.69, 9.17) is 0 Å². The maximum absolute atomic E-state index is 12.3. The molecule has 1 aromatic carbocycles. The predicted molar refractivity (Wildman–Crippen MR) is 73.8 cm³/mol. The Morgan fingerprint density at radius 2 is 2.06 bits per heavy atom. The highest BCUT2D eigenvalue weighted by atomic mass is 79.9. The molecule has 1 aliphatic rings. The van der Waals surface area contributed by atoms with Gasteiger partial charge in [-0.3, -0.25) is 4.79 Å². The molecule has 1 saturated heterocycles. The monoisotopic (exact) mass is 315 g/mol. The van der Waals surface area contributed by atoms with Gasteiger partial charge in [0.15, 0.2) is 0 Å². The number of aromatic hydroxyl groups is 1. The zero-order valence-corrected chi connectivity index (χ0v) is 12.0. The molecule has 0 atom stereocenters. The first-order valence-corrected chi connectivity index (χ1v) is 7.40. The Hall–Kier alpha value is -0.680. The van der Waals surface area contributed by atoms with Crippen molar-refractivity contribution in [3.63, 3.8) is 0 Å². The fourth-order valence-electron chi connectivity index (χ4n) is 1.83. The lowest BCUT2D eigenvalue weighted by Crippen LogP contribution is -2.37. The Bertz CT molecular complexity index is 444. The van der Waals surface area contributed by atoms with E-state index in [2.05, 4.69) is 15.9 Å². The average molecular weight is 316 g/mol. The van der Waals surface area contributed by atoms with E-state index in [1.807, 2.05) is 18.7 Å². The number of thioether (sulfide) groups is 1. The molecule has 1 heterocycles. The molecule has 92 valence electrons. The Morgan fingerprint density at radius 3 is 2.71 bits per heavy atom. The molecule has 1 N–H and O–H groups in total. The Labute approximate surface area is 113 Å². The van der Waals surface area contributed by atoms with Crippen molar-refractivity contribution in [1.82, 2.24) is 4.90 Å². The summed E-state index contributed by atoms with van der Waals surface area (Å²) < 4.78 is 0.576. The van der Waals surface area contributed by atoms with E-state index >= 15 is 0 Å². The topological polar surface area (TPSA) is 40.5 Å². The van der Waals surface area contributed by atoms with Gasteiger partial charge < -0.3 is 10.0 Å². The number of hydrogen-bond acceptors (Lipinski definition) is 3. The molecule has 1 aromatic rings. The lowest BCUT2D eigenvalue weighted by atomic mass is 10.1. The summed E-state index contributed by atoms with van der Waals surface area (Å²) in [5.74, 6) is 1.91. The third-order valence-corrected chi connectivity index (χ3v) is 4.28. The Kier molecular flexibility index (Phi) is 3.99. The van der Waals surface area contributed by atoms with Gasteiger partial charge in [-0.1, -0.05) is 0 Å². The lowest BCUT2D eigenvalue weighted by Gasteiger charge is -2.26. The van der Waals surface area contributed by atoms with Crippen LogP contribution in [0.2, 0.25) is 0 Å². The summed E-state index contributed by atoms with van der Waals surface area (Å²) >= 11 is 5.12. The smallest absolute Gasteiger partial charge is 0.257 e. The first kappa shape index (κ1) is 12.8. The Morgan fingerprint density at radius 1 is 1.41 bits per heavy atom. The number of carbonyl (C=O) groups is 1. The molecule has 0 radical (unpaired) electrons. The van der Waals surface area contributed by atoms with Gasteiger partial charge in [0, 0.05) is 24.6 Å². The highest BCUT2D eigenvalue weighted by Crippen LogP contribution is 2.30. The van der Waals surface area contributed by atoms with Gasteiger partial charge >= 0.3 is 0 Å². The Balaban J connectivity index is 2.29. The second-order valence-corrected chi connectivity index (χ2v) is 6.13. The third-order valence-electron chi connectivity index (χ3n) is 2.74. The van der Waals surface area contributed by atoms with Gasteiger partial charge in [0.25, 0.3) is 5.91 Å². The molecule has 1 amide bonds. The summed E-state index contributed by atoms with van der Waals surface area (Å²) in [5.41, 5.74) is 1.35. The van der Waals surface area contributed by atoms with Gasteiger partial charge in [0.2, 0.25) is 0 Å². The van der Waals surface area contributed by atoms with Crippen molar-refractivity contribution in [2.45, 2.75) is 6.92 Å². The normalized spacial score (nSPS) is 16.0. The lowest BCUT2D eigenvalue weighted by molar-refractivity contribution is 0.0769. The predicted octanol–water partition coefficient (Wildman–Crippen LogP) is 2.65. The maximum atomic E-state index is 12.3. The summed E-state index contributed by atoms with van der Waals surface area (Å²) in [6.45, 7) is 3.43. The van der Waals surface area contributed by atoms with Crippen LogP contribution in [0.1, 0.15) is 15.9 Å². The summed E-state index contributed by atoms with van der Waals surface area (Å²) in [4.78, 5) is 14.1. The van der Waals surface area contributed by atoms with Crippen LogP contribution >= 0.6 is 27.7 Å². The van der Waals surface area contributed by atoms with Crippen molar-refractivity contribution in [3.8, 4) is 5.75 Å². The van der Waals surface area contributed by atoms with Gasteiger partial charge in [-0.25, -0.2) is 0 Å². The molecule has 3 nitrogen and oxygen atoms in total. The zero-order chi connectivity index (χ0) is 12.4. The van der Waals surface area contributed by atoms with Crippen molar-refractivity contribution < 1.29 is 9.90 Å². The molecule has 1 fully saturated rings. The standard InChI is InChI=1S/C12H14BrNO2S/c1-8-6-9(11(15)10(13)7-8)12(16)14-2-4-17-5-3-14/h6-7,15H,2-5H2,1H3. The van der Waals surface area contributed by atoms with Crippen molar-refractivity contribution in [3.05, 3.63) is 27.7 Å². The molecule has 0 unspecified atom stereocenters. The summed E-state index contributed by atoms with van der Waals surface area (Å²) in [7, 11) is 0. The van der Waals surface area contributed by atoms with Crippen LogP contribution in [0.3, 0.4) is 0 Å². The first-order chi connectivity index (χ1) is 8.09. The quantitative estimate of drug-likeness (QED) is 0.866. The van der Waals surface area contributed by atoms with Crippen molar-refractivity contribution in [2.75, 3.05) is 24.6 Å². The molecule has 5 heteroatoms. The second kappa shape index (κ2) is 5.31. The van der Waals surface area contributed by atoms with Crippen LogP contribution in [0.15, 0.2) is 16.6 Å². The number of carbonyl (C=O) groups excluding carboxylic acids is 1. The SMILES string of the molecule is Cc1cc(Br)c(O)c(C(=O)N2CCSCC2)c1. The molecule has 0 aliphatic carbocycles. The minimum absolute atomic E-state index is 0.0406. The molecule has 0 spiro atoms. The van der Waals surface area contributed by atoms with E-state index < -0.39 is 0 Å². The number of phenolic OH excluding ortho intramolecular Hbond substituents is 1. The molecule has 0 aromatic heterocycles. The van der Waals surface area contributed by atoms with Gasteiger partial charge in [-0.05, 0) is 40.5 Å². The third kappa shape index (κ3) is 2.77. The number of hydrogen-bond donors (Lipinski definition) is 1. The van der Waals surface area contributed by atoms with Crippen molar-refractivity contribution in [1.29, 1.82) is 0 Å². The number of benzene rings is 1. The van der Waals surface area contributed by atoms with E-state index in [9.17, 15) is 9.90 Å². The molecule has 17 heavy (non-hydrogen) atoms. The summed E-state index contributed by atoms with van der Waals surface area (Å²) in [6, 6.07) is 3.54. The van der Waals surface area contributed by atoms with E-state index in [1.54, 1.807) is 17.0 Å². The average Bonchev–Trinajstić information content (AvgIpc) is 2.34. The molecule has 1 aliphatic heterocycles. The zero-order valence-electron chi connectivity index (χ0n) is 9.57. The number of amides is 1. The molecule has 0 saturated carbocycles. The molecule has 2 rings (SSSR count). The summed E-state index contributed by atoms with van der Waals surface area (Å²) in [5, 5.41) is 9.92. The number of aryl methyl sites for hydroxylation is 1. The van der Waals surface area contributed by atoms with Crippen molar-refractivity contribution in [2.24, 2.45) is 0 Å². The van der Waals surface area contributed by atoms with Gasteiger partial charge in [0.05, 0.1) is 10.0 Å². The van der Waals surface area contributed by atoms with Crippen LogP contribution in [0.5, 0.6) is 5.75 Å². The minimum atomic E-state index is -0.0767. The van der Waals surface area contributed by atoms with Crippen LogP contribution < -0.4 is 0 Å². The van der Waals surface area contributed by atoms with Crippen LogP contribution in [-0.2, 0) is 0 Å². The largest absolute Gasteiger partial charge is 0.506 e. The number of phenols is 1. The van der Waals surface area contributed by atoms with E-state index in [-0.39, 0.29) is 11.7 Å². The van der Waals surface area contributed by atoms with E-state index in [0.29, 0.717) is 10.0 Å². The fourth-order valence-corrected chi connectivity index (χ4v) is 3.31. The first-order valence-electron chi connectivity index (χ1n) is 5.45. The van der Waals surface area contributed by atoms with Crippen molar-refractivity contribution >= 4 is 33.6 Å². The highest BCUT2D eigenvalue weighted by Gasteiger charge is 2.22. The van der Waals surface area contributed by atoms with Crippen LogP contribution in [0.4, 0.5) is 0 Å². The minimum Gasteiger partial charge on any atom is -0.506 e. The van der Waals surface area contributed by atoms with Gasteiger partial charge in [-0.15, -0.1) is 0 Å². The number of nitrogens with zero attached hydrogens (tertiary/aromatic N) is 1. The maximum Gasteiger partial charge on any atom is 0.257 e. The van der Waals surface area contributed by atoms with Gasteiger partial charge in [-0.2, -0.15) is 11.8 Å². The number of halogens is 1. The van der Waals surface area contributed by atoms with Gasteiger partial charge in [0.1, 0.15) is 5.75 Å². The molecular weight excluding hydrogens is 302 g/mol. The number of rotatable bonds is 1. The highest BCUT2D eigenvalue weighted by molar-refractivity contribution is 9.10. The fraction of sp³-hybridized carbons (Fsp3) is 0.417. The van der Waals surface area contributed by atoms with E-state index in [1.165, 1.54) is 0 Å². The molecular formula is C12H14BrNO2S. The molecule has 0 bridgehead atoms. The van der Waals surface area contributed by atoms with Crippen LogP contribution in [-0.4, -0.2) is 40.5 Å². The van der Waals surface area contributed by atoms with Crippen LogP contribution in [0, 0.1) is 6.92 Å².